The fourth-order valence-corrected chi connectivity index (χ4v) is 4.30. The van der Waals surface area contributed by atoms with Crippen molar-refractivity contribution in [2.24, 2.45) is 0 Å². The summed E-state index contributed by atoms with van der Waals surface area (Å²) in [6.45, 7) is 0.547. The Morgan fingerprint density at radius 3 is 2.50 bits per heavy atom. The molecule has 0 atom stereocenters. The molecule has 4 rings (SSSR count). The number of hydrogen-bond donors (Lipinski definition) is 0. The zero-order chi connectivity index (χ0) is 19.3. The highest BCUT2D eigenvalue weighted by Crippen LogP contribution is 2.37. The molecule has 1 heterocycles. The molecule has 2 aromatic carbocycles. The first-order chi connectivity index (χ1) is 13.8. The first-order valence-corrected chi connectivity index (χ1v) is 10.8. The molecular formula is C24H22N2OS. The van der Waals surface area contributed by atoms with Gasteiger partial charge in [0.25, 0.3) is 0 Å². The maximum Gasteiger partial charge on any atom is 0.119 e. The molecule has 28 heavy (non-hydrogen) atoms. The third kappa shape index (κ3) is 3.76. The predicted octanol–water partition coefficient (Wildman–Crippen LogP) is 5.80. The molecule has 0 N–H and O–H groups in total. The highest BCUT2D eigenvalue weighted by atomic mass is 32.2. The number of aromatic nitrogens is 1. The Kier molecular flexibility index (Phi) is 5.64. The number of benzene rings is 2. The molecular weight excluding hydrogens is 364 g/mol. The van der Waals surface area contributed by atoms with Crippen molar-refractivity contribution in [1.29, 1.82) is 5.26 Å². The molecule has 0 saturated heterocycles. The van der Waals surface area contributed by atoms with Crippen LogP contribution >= 0.6 is 11.8 Å². The minimum absolute atomic E-state index is 0.547. The van der Waals surface area contributed by atoms with E-state index >= 15 is 0 Å². The number of nitriles is 1. The van der Waals surface area contributed by atoms with Crippen molar-refractivity contribution >= 4 is 11.8 Å². The summed E-state index contributed by atoms with van der Waals surface area (Å²) in [6.07, 6.45) is 6.31. The van der Waals surface area contributed by atoms with Gasteiger partial charge in [0, 0.05) is 11.3 Å². The lowest BCUT2D eigenvalue weighted by atomic mass is 9.87. The molecule has 0 unspecified atom stereocenters. The molecule has 0 bridgehead atoms. The van der Waals surface area contributed by atoms with Crippen LogP contribution in [-0.2, 0) is 19.4 Å². The van der Waals surface area contributed by atoms with E-state index in [2.05, 4.69) is 30.3 Å². The quantitative estimate of drug-likeness (QED) is 0.520. The van der Waals surface area contributed by atoms with Crippen molar-refractivity contribution in [2.75, 3.05) is 6.26 Å². The van der Waals surface area contributed by atoms with E-state index in [4.69, 9.17) is 9.72 Å². The topological polar surface area (TPSA) is 45.9 Å². The second-order valence-corrected chi connectivity index (χ2v) is 7.71. The lowest BCUT2D eigenvalue weighted by Gasteiger charge is -2.21. The maximum absolute atomic E-state index is 9.83. The van der Waals surface area contributed by atoms with Crippen molar-refractivity contribution in [1.82, 2.24) is 4.98 Å². The second-order valence-electron chi connectivity index (χ2n) is 6.91. The summed E-state index contributed by atoms with van der Waals surface area (Å²) in [5.74, 6) is 0.833. The summed E-state index contributed by atoms with van der Waals surface area (Å²) in [4.78, 5) is 4.79. The zero-order valence-electron chi connectivity index (χ0n) is 15.9. The van der Waals surface area contributed by atoms with Crippen LogP contribution in [0.2, 0.25) is 0 Å². The first-order valence-electron chi connectivity index (χ1n) is 9.57. The minimum Gasteiger partial charge on any atom is -0.489 e. The summed E-state index contributed by atoms with van der Waals surface area (Å²) < 4.78 is 5.92. The number of aryl methyl sites for hydroxylation is 1. The fraction of sp³-hybridized carbons (Fsp3) is 0.250. The van der Waals surface area contributed by atoms with Gasteiger partial charge in [-0.05, 0) is 60.8 Å². The van der Waals surface area contributed by atoms with Crippen LogP contribution in [0.5, 0.6) is 5.75 Å². The average Bonchev–Trinajstić information content (AvgIpc) is 2.77. The third-order valence-corrected chi connectivity index (χ3v) is 5.82. The van der Waals surface area contributed by atoms with Crippen molar-refractivity contribution < 1.29 is 4.74 Å². The van der Waals surface area contributed by atoms with Crippen LogP contribution < -0.4 is 4.74 Å². The van der Waals surface area contributed by atoms with Gasteiger partial charge in [-0.2, -0.15) is 5.26 Å². The number of rotatable bonds is 5. The molecule has 1 aliphatic rings. The van der Waals surface area contributed by atoms with Crippen molar-refractivity contribution in [3.63, 3.8) is 0 Å². The molecule has 140 valence electrons. The average molecular weight is 387 g/mol. The SMILES string of the molecule is CSc1nc2c(c(-c3ccc(OCc4ccccc4)cc3)c1C#N)CCCC2. The highest BCUT2D eigenvalue weighted by Gasteiger charge is 2.22. The summed E-state index contributed by atoms with van der Waals surface area (Å²) in [6, 6.07) is 20.7. The maximum atomic E-state index is 9.83. The highest BCUT2D eigenvalue weighted by molar-refractivity contribution is 7.98. The molecule has 0 amide bonds. The third-order valence-electron chi connectivity index (χ3n) is 5.14. The standard InChI is InChI=1S/C24H22N2OS/c1-28-24-21(15-25)23(20-9-5-6-10-22(20)26-24)18-11-13-19(14-12-18)27-16-17-7-3-2-4-8-17/h2-4,7-8,11-14H,5-6,9-10,16H2,1H3. The van der Waals surface area contributed by atoms with Crippen LogP contribution in [0.25, 0.3) is 11.1 Å². The van der Waals surface area contributed by atoms with Crippen LogP contribution in [0.3, 0.4) is 0 Å². The Hall–Kier alpha value is -2.77. The molecule has 3 aromatic rings. The number of fused-ring (bicyclic) bond motifs is 1. The zero-order valence-corrected chi connectivity index (χ0v) is 16.8. The van der Waals surface area contributed by atoms with Crippen LogP contribution in [0.4, 0.5) is 0 Å². The van der Waals surface area contributed by atoms with Crippen LogP contribution in [0, 0.1) is 11.3 Å². The Balaban J connectivity index is 1.66. The molecule has 1 aliphatic carbocycles. The van der Waals surface area contributed by atoms with Crippen molar-refractivity contribution in [2.45, 2.75) is 37.3 Å². The number of pyridine rings is 1. The van der Waals surface area contributed by atoms with E-state index in [0.717, 1.165) is 52.4 Å². The molecule has 4 heteroatoms. The van der Waals surface area contributed by atoms with Gasteiger partial charge in [-0.1, -0.05) is 42.5 Å². The van der Waals surface area contributed by atoms with E-state index in [1.165, 1.54) is 12.0 Å². The Bertz CT molecular complexity index is 1010. The van der Waals surface area contributed by atoms with Gasteiger partial charge in [-0.15, -0.1) is 11.8 Å². The lowest BCUT2D eigenvalue weighted by Crippen LogP contribution is -2.10. The van der Waals surface area contributed by atoms with Gasteiger partial charge < -0.3 is 4.74 Å². The van der Waals surface area contributed by atoms with Crippen LogP contribution in [-0.4, -0.2) is 11.2 Å². The number of nitrogens with zero attached hydrogens (tertiary/aromatic N) is 2. The van der Waals surface area contributed by atoms with E-state index in [9.17, 15) is 5.26 Å². The van der Waals surface area contributed by atoms with Crippen LogP contribution in [0.15, 0.2) is 59.6 Å². The minimum atomic E-state index is 0.547. The molecule has 0 radical (unpaired) electrons. The number of hydrogen-bond acceptors (Lipinski definition) is 4. The van der Waals surface area contributed by atoms with Crippen LogP contribution in [0.1, 0.15) is 35.2 Å². The van der Waals surface area contributed by atoms with E-state index in [1.54, 1.807) is 11.8 Å². The summed E-state index contributed by atoms with van der Waals surface area (Å²) in [5, 5.41) is 10.7. The summed E-state index contributed by atoms with van der Waals surface area (Å²) in [7, 11) is 0. The molecule has 1 aromatic heterocycles. The normalized spacial score (nSPS) is 12.9. The summed E-state index contributed by atoms with van der Waals surface area (Å²) >= 11 is 1.55. The van der Waals surface area contributed by atoms with Gasteiger partial charge in [-0.25, -0.2) is 4.98 Å². The molecule has 0 spiro atoms. The Morgan fingerprint density at radius 1 is 1.04 bits per heavy atom. The lowest BCUT2D eigenvalue weighted by molar-refractivity contribution is 0.306. The van der Waals surface area contributed by atoms with E-state index in [0.29, 0.717) is 12.2 Å². The van der Waals surface area contributed by atoms with Gasteiger partial charge >= 0.3 is 0 Å². The molecule has 3 nitrogen and oxygen atoms in total. The van der Waals surface area contributed by atoms with Crippen molar-refractivity contribution in [3.05, 3.63) is 77.0 Å². The Morgan fingerprint density at radius 2 is 1.79 bits per heavy atom. The fourth-order valence-electron chi connectivity index (χ4n) is 3.75. The van der Waals surface area contributed by atoms with Gasteiger partial charge in [0.05, 0.1) is 5.56 Å². The first kappa shape index (κ1) is 18.6. The van der Waals surface area contributed by atoms with Gasteiger partial charge in [0.2, 0.25) is 0 Å². The Labute approximate surface area is 170 Å². The largest absolute Gasteiger partial charge is 0.489 e. The second kappa shape index (κ2) is 8.50. The number of thioether (sulfide) groups is 1. The van der Waals surface area contributed by atoms with E-state index in [-0.39, 0.29) is 0 Å². The van der Waals surface area contributed by atoms with Crippen molar-refractivity contribution in [3.8, 4) is 22.9 Å². The van der Waals surface area contributed by atoms with E-state index < -0.39 is 0 Å². The summed E-state index contributed by atoms with van der Waals surface area (Å²) in [5.41, 5.74) is 6.38. The number of ether oxygens (including phenoxy) is 1. The van der Waals surface area contributed by atoms with Gasteiger partial charge in [-0.3, -0.25) is 0 Å². The van der Waals surface area contributed by atoms with E-state index in [1.807, 2.05) is 36.6 Å². The molecule has 0 aliphatic heterocycles. The smallest absolute Gasteiger partial charge is 0.119 e. The van der Waals surface area contributed by atoms with Gasteiger partial charge in [0.15, 0.2) is 0 Å². The molecule has 0 fully saturated rings. The van der Waals surface area contributed by atoms with Gasteiger partial charge in [0.1, 0.15) is 23.5 Å². The monoisotopic (exact) mass is 386 g/mol. The predicted molar refractivity (Wildman–Crippen MR) is 114 cm³/mol. The molecule has 0 saturated carbocycles.